The minimum atomic E-state index is 0. The van der Waals surface area contributed by atoms with E-state index in [1.54, 1.807) is 0 Å². The summed E-state index contributed by atoms with van der Waals surface area (Å²) in [6.45, 7) is 4.01. The van der Waals surface area contributed by atoms with Crippen molar-refractivity contribution < 1.29 is 4.79 Å². The molecule has 0 heterocycles. The van der Waals surface area contributed by atoms with Crippen molar-refractivity contribution in [1.82, 2.24) is 10.6 Å². The molecule has 0 bridgehead atoms. The molecule has 1 aliphatic carbocycles. The highest BCUT2D eigenvalue weighted by Crippen LogP contribution is 2.31. The van der Waals surface area contributed by atoms with Gasteiger partial charge in [0.1, 0.15) is 0 Å². The molecule has 2 N–H and O–H groups in total. The third-order valence-corrected chi connectivity index (χ3v) is 3.89. The molecule has 0 radical (unpaired) electrons. The predicted octanol–water partition coefficient (Wildman–Crippen LogP) is 2.74. The van der Waals surface area contributed by atoms with Gasteiger partial charge in [-0.3, -0.25) is 4.79 Å². The van der Waals surface area contributed by atoms with Crippen LogP contribution in [0.1, 0.15) is 51.9 Å². The molecule has 4 heteroatoms. The molecule has 108 valence electrons. The molecule has 1 aliphatic rings. The van der Waals surface area contributed by atoms with Crippen LogP contribution in [0.25, 0.3) is 0 Å². The van der Waals surface area contributed by atoms with Crippen LogP contribution in [-0.2, 0) is 4.79 Å². The first-order valence-electron chi connectivity index (χ1n) is 7.15. The van der Waals surface area contributed by atoms with Crippen LogP contribution in [0.15, 0.2) is 0 Å². The highest BCUT2D eigenvalue weighted by atomic mass is 35.5. The average Bonchev–Trinajstić information content (AvgIpc) is 2.36. The number of halogens is 1. The van der Waals surface area contributed by atoms with Gasteiger partial charge in [0.05, 0.1) is 0 Å². The van der Waals surface area contributed by atoms with E-state index in [0.717, 1.165) is 25.4 Å². The molecule has 1 unspecified atom stereocenters. The molecule has 1 saturated carbocycles. The van der Waals surface area contributed by atoms with Crippen LogP contribution in [0.3, 0.4) is 0 Å². The topological polar surface area (TPSA) is 41.1 Å². The zero-order valence-corrected chi connectivity index (χ0v) is 12.7. The van der Waals surface area contributed by atoms with E-state index in [4.69, 9.17) is 0 Å². The summed E-state index contributed by atoms with van der Waals surface area (Å²) in [4.78, 5) is 11.7. The van der Waals surface area contributed by atoms with Crippen molar-refractivity contribution in [2.45, 2.75) is 51.9 Å². The van der Waals surface area contributed by atoms with Crippen molar-refractivity contribution in [1.29, 1.82) is 0 Å². The van der Waals surface area contributed by atoms with Crippen LogP contribution >= 0.6 is 12.4 Å². The zero-order valence-electron chi connectivity index (χ0n) is 11.8. The monoisotopic (exact) mass is 276 g/mol. The first-order valence-corrected chi connectivity index (χ1v) is 7.15. The SMILES string of the molecule is CNCCCNC(=O)CC(C)C1CCCCC1.Cl. The van der Waals surface area contributed by atoms with Crippen LogP contribution in [0.4, 0.5) is 0 Å². The van der Waals surface area contributed by atoms with Gasteiger partial charge in [0, 0.05) is 13.0 Å². The highest BCUT2D eigenvalue weighted by Gasteiger charge is 2.21. The number of carbonyl (C=O) groups is 1. The second kappa shape index (κ2) is 10.6. The molecule has 0 saturated heterocycles. The Hall–Kier alpha value is -0.280. The lowest BCUT2D eigenvalue weighted by molar-refractivity contribution is -0.122. The van der Waals surface area contributed by atoms with Gasteiger partial charge in [-0.15, -0.1) is 12.4 Å². The fraction of sp³-hybridized carbons (Fsp3) is 0.929. The van der Waals surface area contributed by atoms with Gasteiger partial charge in [0.2, 0.25) is 5.91 Å². The van der Waals surface area contributed by atoms with Crippen molar-refractivity contribution >= 4 is 18.3 Å². The van der Waals surface area contributed by atoms with Gasteiger partial charge in [-0.1, -0.05) is 39.0 Å². The van der Waals surface area contributed by atoms with E-state index in [9.17, 15) is 4.79 Å². The summed E-state index contributed by atoms with van der Waals surface area (Å²) < 4.78 is 0. The fourth-order valence-corrected chi connectivity index (χ4v) is 2.73. The summed E-state index contributed by atoms with van der Waals surface area (Å²) in [5.41, 5.74) is 0. The van der Waals surface area contributed by atoms with E-state index < -0.39 is 0 Å². The minimum absolute atomic E-state index is 0. The maximum atomic E-state index is 11.7. The molecule has 0 aromatic rings. The molecule has 1 amide bonds. The van der Waals surface area contributed by atoms with Crippen molar-refractivity contribution in [3.05, 3.63) is 0 Å². The highest BCUT2D eigenvalue weighted by molar-refractivity contribution is 5.85. The number of hydrogen-bond donors (Lipinski definition) is 2. The third-order valence-electron chi connectivity index (χ3n) is 3.89. The van der Waals surface area contributed by atoms with E-state index in [1.165, 1.54) is 32.1 Å². The van der Waals surface area contributed by atoms with E-state index >= 15 is 0 Å². The summed E-state index contributed by atoms with van der Waals surface area (Å²) in [7, 11) is 1.94. The van der Waals surface area contributed by atoms with Crippen LogP contribution in [0.2, 0.25) is 0 Å². The smallest absolute Gasteiger partial charge is 0.220 e. The van der Waals surface area contributed by atoms with Gasteiger partial charge in [-0.2, -0.15) is 0 Å². The molecule has 0 spiro atoms. The maximum Gasteiger partial charge on any atom is 0.220 e. The van der Waals surface area contributed by atoms with Crippen LogP contribution in [-0.4, -0.2) is 26.0 Å². The quantitative estimate of drug-likeness (QED) is 0.702. The minimum Gasteiger partial charge on any atom is -0.356 e. The Labute approximate surface area is 118 Å². The molecule has 0 aromatic carbocycles. The summed E-state index contributed by atoms with van der Waals surface area (Å²) in [5.74, 6) is 1.57. The van der Waals surface area contributed by atoms with E-state index in [0.29, 0.717) is 12.3 Å². The predicted molar refractivity (Wildman–Crippen MR) is 79.2 cm³/mol. The molecule has 0 aliphatic heterocycles. The normalized spacial score (nSPS) is 17.9. The Morgan fingerprint density at radius 1 is 1.22 bits per heavy atom. The first kappa shape index (κ1) is 17.7. The van der Waals surface area contributed by atoms with Crippen LogP contribution in [0.5, 0.6) is 0 Å². The summed E-state index contributed by atoms with van der Waals surface area (Å²) in [6, 6.07) is 0. The molecule has 18 heavy (non-hydrogen) atoms. The Morgan fingerprint density at radius 2 is 1.89 bits per heavy atom. The Kier molecular flexibility index (Phi) is 10.5. The Bertz CT molecular complexity index is 218. The van der Waals surface area contributed by atoms with Gasteiger partial charge >= 0.3 is 0 Å². The number of rotatable bonds is 7. The second-order valence-electron chi connectivity index (χ2n) is 5.39. The van der Waals surface area contributed by atoms with Gasteiger partial charge in [-0.05, 0) is 31.8 Å². The largest absolute Gasteiger partial charge is 0.356 e. The van der Waals surface area contributed by atoms with Gasteiger partial charge in [0.15, 0.2) is 0 Å². The fourth-order valence-electron chi connectivity index (χ4n) is 2.73. The van der Waals surface area contributed by atoms with E-state index in [2.05, 4.69) is 17.6 Å². The number of carbonyl (C=O) groups excluding carboxylic acids is 1. The number of amides is 1. The standard InChI is InChI=1S/C14H28N2O.ClH/c1-12(13-7-4-3-5-8-13)11-14(17)16-10-6-9-15-2;/h12-13,15H,3-11H2,1-2H3,(H,16,17);1H. The van der Waals surface area contributed by atoms with E-state index in [-0.39, 0.29) is 18.3 Å². The number of hydrogen-bond acceptors (Lipinski definition) is 2. The van der Waals surface area contributed by atoms with Crippen LogP contribution in [0, 0.1) is 11.8 Å². The lowest BCUT2D eigenvalue weighted by Crippen LogP contribution is -2.29. The molecule has 1 atom stereocenters. The van der Waals surface area contributed by atoms with Crippen molar-refractivity contribution in [3.8, 4) is 0 Å². The summed E-state index contributed by atoms with van der Waals surface area (Å²) >= 11 is 0. The second-order valence-corrected chi connectivity index (χ2v) is 5.39. The van der Waals surface area contributed by atoms with Crippen molar-refractivity contribution in [2.24, 2.45) is 11.8 Å². The Balaban J connectivity index is 0.00000289. The molecular formula is C14H29ClN2O. The summed E-state index contributed by atoms with van der Waals surface area (Å²) in [5, 5.41) is 6.09. The first-order chi connectivity index (χ1) is 8.24. The van der Waals surface area contributed by atoms with E-state index in [1.807, 2.05) is 7.05 Å². The molecular weight excluding hydrogens is 248 g/mol. The molecule has 3 nitrogen and oxygen atoms in total. The molecule has 0 aromatic heterocycles. The van der Waals surface area contributed by atoms with Crippen molar-refractivity contribution in [3.63, 3.8) is 0 Å². The number of nitrogens with one attached hydrogen (secondary N) is 2. The van der Waals surface area contributed by atoms with Gasteiger partial charge in [0.25, 0.3) is 0 Å². The maximum absolute atomic E-state index is 11.7. The van der Waals surface area contributed by atoms with Gasteiger partial charge < -0.3 is 10.6 Å². The molecule has 1 rings (SSSR count). The van der Waals surface area contributed by atoms with Crippen LogP contribution < -0.4 is 10.6 Å². The lowest BCUT2D eigenvalue weighted by atomic mass is 9.79. The third kappa shape index (κ3) is 7.22. The average molecular weight is 277 g/mol. The molecule has 1 fully saturated rings. The Morgan fingerprint density at radius 3 is 2.50 bits per heavy atom. The summed E-state index contributed by atoms with van der Waals surface area (Å²) in [6.07, 6.45) is 8.49. The zero-order chi connectivity index (χ0) is 12.5. The lowest BCUT2D eigenvalue weighted by Gasteiger charge is -2.27. The van der Waals surface area contributed by atoms with Gasteiger partial charge in [-0.25, -0.2) is 0 Å². The van der Waals surface area contributed by atoms with Crippen molar-refractivity contribution in [2.75, 3.05) is 20.1 Å².